The fourth-order valence-corrected chi connectivity index (χ4v) is 6.01. The maximum Gasteiger partial charge on any atom is 0.404 e. The number of alkyl halides is 3. The number of hydrogen-bond donors (Lipinski definition) is 4. The van der Waals surface area contributed by atoms with Crippen LogP contribution in [0, 0.1) is 0 Å². The number of carboxylic acids is 1. The van der Waals surface area contributed by atoms with Crippen LogP contribution < -0.4 is 15.4 Å². The van der Waals surface area contributed by atoms with Crippen LogP contribution in [-0.2, 0) is 23.0 Å². The van der Waals surface area contributed by atoms with Gasteiger partial charge in [0.1, 0.15) is 11.5 Å². The van der Waals surface area contributed by atoms with Crippen molar-refractivity contribution in [3.63, 3.8) is 0 Å². The number of nitrogens with one attached hydrogen (secondary N) is 1. The van der Waals surface area contributed by atoms with E-state index < -0.39 is 34.0 Å². The number of aliphatic hydroxyl groups excluding tert-OH is 1. The number of carbonyl (C=O) groups is 1. The number of aromatic carboxylic acids is 1. The number of aromatic nitrogens is 2. The first-order valence-corrected chi connectivity index (χ1v) is 15.3. The number of anilines is 2. The second-order valence-corrected chi connectivity index (χ2v) is 12.9. The van der Waals surface area contributed by atoms with E-state index in [1.165, 1.54) is 30.5 Å². The minimum absolute atomic E-state index is 0.00864. The third-order valence-electron chi connectivity index (χ3n) is 7.04. The van der Waals surface area contributed by atoms with Crippen LogP contribution in [0.25, 0.3) is 10.9 Å². The highest BCUT2D eigenvalue weighted by Gasteiger charge is 2.37. The third-order valence-corrected chi connectivity index (χ3v) is 9.08. The van der Waals surface area contributed by atoms with E-state index in [4.69, 9.17) is 17.3 Å². The largest absolute Gasteiger partial charge is 0.477 e. The zero-order valence-corrected chi connectivity index (χ0v) is 25.3. The Hall–Kier alpha value is -3.85. The summed E-state index contributed by atoms with van der Waals surface area (Å²) >= 11 is 5.99. The van der Waals surface area contributed by atoms with Crippen LogP contribution in [0.1, 0.15) is 40.2 Å². The van der Waals surface area contributed by atoms with Crippen molar-refractivity contribution in [2.24, 2.45) is 0 Å². The molecule has 15 heteroatoms. The molecule has 2 aromatic carbocycles. The molecule has 0 radical (unpaired) electrons. The molecule has 5 N–H and O–H groups in total. The molecule has 2 unspecified atom stereocenters. The second kappa shape index (κ2) is 13.0. The number of hydrogen-bond acceptors (Lipinski definition) is 7. The number of sulfonamides is 1. The Kier molecular flexibility index (Phi) is 9.78. The Labute approximate surface area is 256 Å². The number of nitrogens with zero attached hydrogens (tertiary/aromatic N) is 3. The Morgan fingerprint density at radius 1 is 1.16 bits per heavy atom. The van der Waals surface area contributed by atoms with E-state index in [0.717, 1.165) is 12.6 Å². The monoisotopic (exact) mass is 653 g/mol. The quantitative estimate of drug-likeness (QED) is 0.173. The lowest BCUT2D eigenvalue weighted by Crippen LogP contribution is -2.35. The van der Waals surface area contributed by atoms with Gasteiger partial charge in [-0.15, -0.1) is 0 Å². The van der Waals surface area contributed by atoms with E-state index in [-0.39, 0.29) is 41.4 Å². The van der Waals surface area contributed by atoms with E-state index in [1.54, 1.807) is 22.8 Å². The number of fused-ring (bicyclic) bond motifs is 1. The Morgan fingerprint density at radius 2 is 1.89 bits per heavy atom. The van der Waals surface area contributed by atoms with Crippen molar-refractivity contribution in [1.29, 1.82) is 0 Å². The first-order valence-electron chi connectivity index (χ1n) is 13.3. The molecule has 0 fully saturated rings. The standard InChI is InChI=1S/C29H31ClF3N5O5S/c1-17(35-14-26(39)21-11-23(30)27(34)36-13-21)8-18-6-7-24-20(9-18)12-25(28(40)41)38(24)15-19-4-3-5-22(10-19)37(2)44(42,43)16-29(31,32)33/h3-7,9-13,17,26,35,39H,8,14-16H2,1-2H3,(H2,34,36)(H,40,41). The van der Waals surface area contributed by atoms with Crippen molar-refractivity contribution in [2.75, 3.05) is 29.4 Å². The molecule has 2 atom stereocenters. The SMILES string of the molecule is CC(Cc1ccc2c(c1)cc(C(=O)O)n2Cc1cccc(N(C)S(=O)(=O)CC(F)(F)F)c1)NCC(O)c1cnc(N)c(Cl)c1. The fraction of sp³-hybridized carbons (Fsp3) is 0.310. The van der Waals surface area contributed by atoms with Gasteiger partial charge in [0.2, 0.25) is 10.0 Å². The summed E-state index contributed by atoms with van der Waals surface area (Å²) in [4.78, 5) is 16.1. The van der Waals surface area contributed by atoms with Crippen LogP contribution in [-0.4, -0.2) is 65.7 Å². The van der Waals surface area contributed by atoms with Crippen LogP contribution in [0.2, 0.25) is 5.02 Å². The van der Waals surface area contributed by atoms with Crippen molar-refractivity contribution in [3.8, 4) is 0 Å². The summed E-state index contributed by atoms with van der Waals surface area (Å²) in [5.74, 6) is -3.00. The maximum absolute atomic E-state index is 12.8. The van der Waals surface area contributed by atoms with Gasteiger partial charge in [0.15, 0.2) is 5.75 Å². The molecule has 0 bridgehead atoms. The molecule has 10 nitrogen and oxygen atoms in total. The van der Waals surface area contributed by atoms with Crippen LogP contribution in [0.3, 0.4) is 0 Å². The van der Waals surface area contributed by atoms with Crippen molar-refractivity contribution < 1.29 is 36.6 Å². The average Bonchev–Trinajstić information content (AvgIpc) is 3.29. The molecule has 0 saturated heterocycles. The molecule has 0 aliphatic heterocycles. The summed E-state index contributed by atoms with van der Waals surface area (Å²) < 4.78 is 65.0. The fourth-order valence-electron chi connectivity index (χ4n) is 4.79. The number of rotatable bonds is 12. The van der Waals surface area contributed by atoms with E-state index in [9.17, 15) is 36.6 Å². The van der Waals surface area contributed by atoms with Crippen molar-refractivity contribution in [3.05, 3.63) is 88.2 Å². The molecule has 2 heterocycles. The van der Waals surface area contributed by atoms with Gasteiger partial charge in [-0.1, -0.05) is 29.8 Å². The summed E-state index contributed by atoms with van der Waals surface area (Å²) in [6.07, 6.45) is -3.73. The number of nitrogens with two attached hydrogens (primary N) is 1. The summed E-state index contributed by atoms with van der Waals surface area (Å²) in [7, 11) is -3.63. The lowest BCUT2D eigenvalue weighted by molar-refractivity contribution is -0.106. The van der Waals surface area contributed by atoms with E-state index in [1.807, 2.05) is 19.1 Å². The molecule has 0 aliphatic rings. The van der Waals surface area contributed by atoms with E-state index >= 15 is 0 Å². The molecule has 2 aromatic heterocycles. The van der Waals surface area contributed by atoms with Crippen molar-refractivity contribution in [2.45, 2.75) is 38.2 Å². The first-order chi connectivity index (χ1) is 20.5. The van der Waals surface area contributed by atoms with Crippen LogP contribution in [0.5, 0.6) is 0 Å². The summed E-state index contributed by atoms with van der Waals surface area (Å²) in [6, 6.07) is 14.4. The molecule has 4 rings (SSSR count). The normalized spacial score (nSPS) is 13.6. The Balaban J connectivity index is 1.50. The van der Waals surface area contributed by atoms with Crippen molar-refractivity contribution in [1.82, 2.24) is 14.9 Å². The number of carboxylic acid groups (broad SMARTS) is 1. The number of benzene rings is 2. The van der Waals surface area contributed by atoms with Gasteiger partial charge < -0.3 is 25.8 Å². The van der Waals surface area contributed by atoms with Gasteiger partial charge in [-0.05, 0) is 60.9 Å². The molecular weight excluding hydrogens is 623 g/mol. The topological polar surface area (TPSA) is 151 Å². The molecule has 0 saturated carbocycles. The predicted molar refractivity (Wildman–Crippen MR) is 162 cm³/mol. The zero-order valence-electron chi connectivity index (χ0n) is 23.7. The minimum atomic E-state index is -4.90. The molecule has 236 valence electrons. The summed E-state index contributed by atoms with van der Waals surface area (Å²) in [5.41, 5.74) is 8.17. The van der Waals surface area contributed by atoms with Gasteiger partial charge in [0.25, 0.3) is 0 Å². The lowest BCUT2D eigenvalue weighted by Gasteiger charge is -2.21. The van der Waals surface area contributed by atoms with E-state index in [2.05, 4.69) is 10.3 Å². The van der Waals surface area contributed by atoms with Gasteiger partial charge >= 0.3 is 12.1 Å². The van der Waals surface area contributed by atoms with Crippen LogP contribution in [0.15, 0.2) is 60.8 Å². The first kappa shape index (κ1) is 33.1. The molecule has 44 heavy (non-hydrogen) atoms. The minimum Gasteiger partial charge on any atom is -0.477 e. The highest BCUT2D eigenvalue weighted by atomic mass is 35.5. The summed E-state index contributed by atoms with van der Waals surface area (Å²) in [5, 5.41) is 24.6. The van der Waals surface area contributed by atoms with Gasteiger partial charge in [0.05, 0.1) is 16.8 Å². The molecular formula is C29H31ClF3N5O5S. The third kappa shape index (κ3) is 8.00. The van der Waals surface area contributed by atoms with Gasteiger partial charge in [0, 0.05) is 48.8 Å². The maximum atomic E-state index is 12.8. The molecule has 0 amide bonds. The smallest absolute Gasteiger partial charge is 0.404 e. The number of nitrogen functional groups attached to an aromatic ring is 1. The zero-order chi connectivity index (χ0) is 32.4. The molecule has 0 aliphatic carbocycles. The highest BCUT2D eigenvalue weighted by Crippen LogP contribution is 2.27. The average molecular weight is 654 g/mol. The van der Waals surface area contributed by atoms with Crippen LogP contribution in [0.4, 0.5) is 24.7 Å². The molecule has 0 spiro atoms. The van der Waals surface area contributed by atoms with Gasteiger partial charge in [-0.3, -0.25) is 4.31 Å². The predicted octanol–water partition coefficient (Wildman–Crippen LogP) is 4.60. The van der Waals surface area contributed by atoms with Gasteiger partial charge in [-0.25, -0.2) is 18.2 Å². The lowest BCUT2D eigenvalue weighted by atomic mass is 10.0. The highest BCUT2D eigenvalue weighted by molar-refractivity contribution is 7.92. The number of aliphatic hydroxyl groups is 1. The summed E-state index contributed by atoms with van der Waals surface area (Å²) in [6.45, 7) is 2.21. The second-order valence-electron chi connectivity index (χ2n) is 10.5. The van der Waals surface area contributed by atoms with Gasteiger partial charge in [-0.2, -0.15) is 13.2 Å². The molecule has 4 aromatic rings. The number of halogens is 4. The van der Waals surface area contributed by atoms with E-state index in [0.29, 0.717) is 32.8 Å². The van der Waals surface area contributed by atoms with Crippen LogP contribution >= 0.6 is 11.6 Å². The number of pyridine rings is 1. The Morgan fingerprint density at radius 3 is 2.55 bits per heavy atom. The van der Waals surface area contributed by atoms with Crippen molar-refractivity contribution >= 4 is 50.0 Å². The Bertz CT molecular complexity index is 1780.